The van der Waals surface area contributed by atoms with Crippen LogP contribution >= 0.6 is 0 Å². The number of piperazine rings is 1. The van der Waals surface area contributed by atoms with Crippen LogP contribution in [0.4, 0.5) is 11.4 Å². The van der Waals surface area contributed by atoms with Crippen LogP contribution in [-0.4, -0.2) is 67.7 Å². The molecule has 11 heteroatoms. The van der Waals surface area contributed by atoms with Gasteiger partial charge in [0, 0.05) is 50.7 Å². The van der Waals surface area contributed by atoms with Crippen LogP contribution in [0.3, 0.4) is 0 Å². The molecule has 2 aromatic carbocycles. The van der Waals surface area contributed by atoms with E-state index < -0.39 is 14.9 Å². The van der Waals surface area contributed by atoms with Gasteiger partial charge in [-0.2, -0.15) is 4.31 Å². The van der Waals surface area contributed by atoms with E-state index in [0.29, 0.717) is 37.4 Å². The van der Waals surface area contributed by atoms with Crippen molar-refractivity contribution in [1.82, 2.24) is 9.21 Å². The predicted molar refractivity (Wildman–Crippen MR) is 128 cm³/mol. The van der Waals surface area contributed by atoms with Gasteiger partial charge in [0.25, 0.3) is 11.6 Å². The van der Waals surface area contributed by atoms with Gasteiger partial charge in [-0.25, -0.2) is 8.42 Å². The standard InChI is InChI=1S/C23H26N4O6S/c1-3-26(4-2)34(31,32)18-9-10-19(20(16-18)27(29)30)24-11-13-25(14-12-24)23(28)22-15-17-7-5-6-8-21(17)33-22/h5-10,15-16H,3-4,11-14H2,1-2H3. The highest BCUT2D eigenvalue weighted by Crippen LogP contribution is 2.32. The molecular weight excluding hydrogens is 460 g/mol. The van der Waals surface area contributed by atoms with Crippen molar-refractivity contribution in [3.63, 3.8) is 0 Å². The average Bonchev–Trinajstić information content (AvgIpc) is 3.28. The highest BCUT2D eigenvalue weighted by molar-refractivity contribution is 7.89. The van der Waals surface area contributed by atoms with Crippen molar-refractivity contribution >= 4 is 38.3 Å². The van der Waals surface area contributed by atoms with Crippen molar-refractivity contribution in [2.24, 2.45) is 0 Å². The Morgan fingerprint density at radius 3 is 2.35 bits per heavy atom. The number of para-hydroxylation sites is 1. The molecule has 34 heavy (non-hydrogen) atoms. The number of sulfonamides is 1. The maximum atomic E-state index is 12.9. The van der Waals surface area contributed by atoms with Gasteiger partial charge in [0.15, 0.2) is 5.76 Å². The Kier molecular flexibility index (Phi) is 6.58. The van der Waals surface area contributed by atoms with Crippen LogP contribution in [0.1, 0.15) is 24.4 Å². The monoisotopic (exact) mass is 486 g/mol. The van der Waals surface area contributed by atoms with Gasteiger partial charge in [-0.15, -0.1) is 0 Å². The number of nitro groups is 1. The largest absolute Gasteiger partial charge is 0.451 e. The van der Waals surface area contributed by atoms with Crippen molar-refractivity contribution in [3.05, 3.63) is 64.4 Å². The normalized spacial score (nSPS) is 14.7. The van der Waals surface area contributed by atoms with E-state index in [1.165, 1.54) is 16.4 Å². The molecule has 0 N–H and O–H groups in total. The fraction of sp³-hybridized carbons (Fsp3) is 0.348. The first-order valence-corrected chi connectivity index (χ1v) is 12.5. The van der Waals surface area contributed by atoms with Crippen molar-refractivity contribution in [2.75, 3.05) is 44.2 Å². The number of hydrogen-bond donors (Lipinski definition) is 0. The zero-order valence-electron chi connectivity index (χ0n) is 19.0. The molecule has 1 aromatic heterocycles. The van der Waals surface area contributed by atoms with Gasteiger partial charge in [-0.3, -0.25) is 14.9 Å². The van der Waals surface area contributed by atoms with Crippen LogP contribution in [0.25, 0.3) is 11.0 Å². The summed E-state index contributed by atoms with van der Waals surface area (Å²) in [5.74, 6) is 0.0256. The summed E-state index contributed by atoms with van der Waals surface area (Å²) >= 11 is 0. The second-order valence-corrected chi connectivity index (χ2v) is 9.86. The number of carbonyl (C=O) groups is 1. The summed E-state index contributed by atoms with van der Waals surface area (Å²) < 4.78 is 32.6. The lowest BCUT2D eigenvalue weighted by Crippen LogP contribution is -2.48. The second-order valence-electron chi connectivity index (χ2n) is 7.92. The number of nitro benzene ring substituents is 1. The third-order valence-electron chi connectivity index (χ3n) is 6.03. The number of hydrogen-bond acceptors (Lipinski definition) is 7. The molecule has 4 rings (SSSR count). The SMILES string of the molecule is CCN(CC)S(=O)(=O)c1ccc(N2CCN(C(=O)c3cc4ccccc4o3)CC2)c([N+](=O)[O-])c1. The minimum atomic E-state index is -3.82. The number of benzene rings is 2. The number of furan rings is 1. The summed E-state index contributed by atoms with van der Waals surface area (Å²) in [6, 6.07) is 13.1. The number of carbonyl (C=O) groups excluding carboxylic acids is 1. The maximum absolute atomic E-state index is 12.9. The molecule has 1 aliphatic heterocycles. The van der Waals surface area contributed by atoms with Crippen molar-refractivity contribution in [1.29, 1.82) is 0 Å². The van der Waals surface area contributed by atoms with Gasteiger partial charge in [0.05, 0.1) is 9.82 Å². The van der Waals surface area contributed by atoms with E-state index >= 15 is 0 Å². The van der Waals surface area contributed by atoms with Gasteiger partial charge < -0.3 is 14.2 Å². The Morgan fingerprint density at radius 1 is 1.06 bits per heavy atom. The van der Waals surface area contributed by atoms with Crippen LogP contribution in [0.2, 0.25) is 0 Å². The lowest BCUT2D eigenvalue weighted by atomic mass is 10.2. The molecule has 1 aliphatic rings. The van der Waals surface area contributed by atoms with Crippen molar-refractivity contribution < 1.29 is 22.6 Å². The summed E-state index contributed by atoms with van der Waals surface area (Å²) in [6.45, 7) is 5.43. The Labute approximate surface area is 197 Å². The second kappa shape index (κ2) is 9.43. The first-order valence-electron chi connectivity index (χ1n) is 11.1. The molecule has 2 heterocycles. The van der Waals surface area contributed by atoms with Gasteiger partial charge in [-0.1, -0.05) is 32.0 Å². The summed E-state index contributed by atoms with van der Waals surface area (Å²) in [4.78, 5) is 27.5. The van der Waals surface area contributed by atoms with Crippen LogP contribution < -0.4 is 4.90 Å². The van der Waals surface area contributed by atoms with Crippen molar-refractivity contribution in [2.45, 2.75) is 18.7 Å². The zero-order valence-corrected chi connectivity index (χ0v) is 19.8. The summed E-state index contributed by atoms with van der Waals surface area (Å²) in [6.07, 6.45) is 0. The number of amides is 1. The van der Waals surface area contributed by atoms with E-state index in [1.54, 1.807) is 35.8 Å². The molecule has 180 valence electrons. The van der Waals surface area contributed by atoms with Crippen LogP contribution in [0, 0.1) is 10.1 Å². The third-order valence-corrected chi connectivity index (χ3v) is 8.08. The van der Waals surface area contributed by atoms with E-state index in [2.05, 4.69) is 0 Å². The molecule has 0 bridgehead atoms. The van der Waals surface area contributed by atoms with Gasteiger partial charge >= 0.3 is 0 Å². The predicted octanol–water partition coefficient (Wildman–Crippen LogP) is 3.33. The third kappa shape index (κ3) is 4.36. The summed E-state index contributed by atoms with van der Waals surface area (Å²) in [7, 11) is -3.82. The molecule has 1 fully saturated rings. The fourth-order valence-electron chi connectivity index (χ4n) is 4.18. The molecule has 0 spiro atoms. The molecule has 0 aliphatic carbocycles. The summed E-state index contributed by atoms with van der Waals surface area (Å²) in [5.41, 5.74) is 0.699. The van der Waals surface area contributed by atoms with Gasteiger partial charge in [-0.05, 0) is 24.3 Å². The minimum Gasteiger partial charge on any atom is -0.451 e. The van der Waals surface area contributed by atoms with E-state index in [0.717, 1.165) is 11.5 Å². The molecule has 1 amide bonds. The molecule has 10 nitrogen and oxygen atoms in total. The Bertz CT molecular complexity index is 1290. The Balaban J connectivity index is 1.52. The molecule has 0 saturated carbocycles. The van der Waals surface area contributed by atoms with Crippen LogP contribution in [-0.2, 0) is 10.0 Å². The Morgan fingerprint density at radius 2 is 1.74 bits per heavy atom. The topological polar surface area (TPSA) is 117 Å². The van der Waals surface area contributed by atoms with Crippen LogP contribution in [0.5, 0.6) is 0 Å². The minimum absolute atomic E-state index is 0.106. The lowest BCUT2D eigenvalue weighted by molar-refractivity contribution is -0.384. The molecule has 1 saturated heterocycles. The van der Waals surface area contributed by atoms with E-state index in [1.807, 2.05) is 18.2 Å². The van der Waals surface area contributed by atoms with E-state index in [-0.39, 0.29) is 35.3 Å². The maximum Gasteiger partial charge on any atom is 0.293 e. The van der Waals surface area contributed by atoms with Gasteiger partial charge in [0.1, 0.15) is 11.3 Å². The smallest absolute Gasteiger partial charge is 0.293 e. The lowest BCUT2D eigenvalue weighted by Gasteiger charge is -2.35. The highest BCUT2D eigenvalue weighted by Gasteiger charge is 2.30. The average molecular weight is 487 g/mol. The number of nitrogens with zero attached hydrogens (tertiary/aromatic N) is 4. The first kappa shape index (κ1) is 23.7. The quantitative estimate of drug-likeness (QED) is 0.371. The highest BCUT2D eigenvalue weighted by atomic mass is 32.2. The van der Waals surface area contributed by atoms with Crippen LogP contribution in [0.15, 0.2) is 57.8 Å². The van der Waals surface area contributed by atoms with Crippen molar-refractivity contribution in [3.8, 4) is 0 Å². The van der Waals surface area contributed by atoms with E-state index in [9.17, 15) is 23.3 Å². The molecule has 0 atom stereocenters. The molecule has 0 unspecified atom stereocenters. The number of rotatable bonds is 7. The fourth-order valence-corrected chi connectivity index (χ4v) is 5.66. The number of fused-ring (bicyclic) bond motifs is 1. The van der Waals surface area contributed by atoms with E-state index in [4.69, 9.17) is 4.42 Å². The molecular formula is C23H26N4O6S. The molecule has 3 aromatic rings. The first-order chi connectivity index (χ1) is 16.3. The molecule has 0 radical (unpaired) electrons. The van der Waals surface area contributed by atoms with Gasteiger partial charge in [0.2, 0.25) is 10.0 Å². The zero-order chi connectivity index (χ0) is 24.5. The summed E-state index contributed by atoms with van der Waals surface area (Å²) in [5, 5.41) is 12.6. The number of anilines is 1. The Hall–Kier alpha value is -3.44.